The van der Waals surface area contributed by atoms with Crippen molar-refractivity contribution in [2.24, 2.45) is 0 Å². The van der Waals surface area contributed by atoms with Crippen LogP contribution in [0.3, 0.4) is 0 Å². The highest BCUT2D eigenvalue weighted by atomic mass is 35.5. The first-order valence-electron chi connectivity index (χ1n) is 6.18. The Kier molecular flexibility index (Phi) is 3.69. The highest BCUT2D eigenvalue weighted by Gasteiger charge is 2.33. The summed E-state index contributed by atoms with van der Waals surface area (Å²) in [7, 11) is 0. The normalized spacial score (nSPS) is 18.8. The summed E-state index contributed by atoms with van der Waals surface area (Å²) in [5.41, 5.74) is 2.59. The van der Waals surface area contributed by atoms with Crippen LogP contribution in [0.4, 0.5) is 0 Å². The SMILES string of the molecule is O=C(O)C1c2ccccc2CCN1Cc1nnsc1Cl. The zero-order valence-electron chi connectivity index (χ0n) is 10.5. The third kappa shape index (κ3) is 2.42. The van der Waals surface area contributed by atoms with Gasteiger partial charge in [0.2, 0.25) is 0 Å². The molecule has 1 N–H and O–H groups in total. The Labute approximate surface area is 125 Å². The highest BCUT2D eigenvalue weighted by molar-refractivity contribution is 7.10. The Morgan fingerprint density at radius 1 is 1.50 bits per heavy atom. The van der Waals surface area contributed by atoms with Crippen LogP contribution in [0.2, 0.25) is 4.34 Å². The van der Waals surface area contributed by atoms with Crippen molar-refractivity contribution in [3.05, 3.63) is 45.4 Å². The second-order valence-electron chi connectivity index (χ2n) is 4.65. The lowest BCUT2D eigenvalue weighted by atomic mass is 9.92. The van der Waals surface area contributed by atoms with Gasteiger partial charge < -0.3 is 5.11 Å². The van der Waals surface area contributed by atoms with E-state index in [1.54, 1.807) is 0 Å². The average molecular weight is 310 g/mol. The maximum absolute atomic E-state index is 11.6. The summed E-state index contributed by atoms with van der Waals surface area (Å²) in [6.07, 6.45) is 0.829. The molecule has 2 heterocycles. The smallest absolute Gasteiger partial charge is 0.325 e. The fourth-order valence-electron chi connectivity index (χ4n) is 2.56. The van der Waals surface area contributed by atoms with Crippen molar-refractivity contribution in [2.45, 2.75) is 19.0 Å². The molecule has 0 spiro atoms. The topological polar surface area (TPSA) is 66.3 Å². The van der Waals surface area contributed by atoms with Crippen molar-refractivity contribution in [3.63, 3.8) is 0 Å². The van der Waals surface area contributed by atoms with Gasteiger partial charge in [0.05, 0.1) is 0 Å². The van der Waals surface area contributed by atoms with E-state index in [9.17, 15) is 9.90 Å². The predicted octanol–water partition coefficient (Wildman–Crippen LogP) is 2.38. The molecule has 1 aliphatic heterocycles. The summed E-state index contributed by atoms with van der Waals surface area (Å²) < 4.78 is 4.31. The van der Waals surface area contributed by atoms with Gasteiger partial charge in [-0.2, -0.15) is 0 Å². The van der Waals surface area contributed by atoms with Gasteiger partial charge in [-0.3, -0.25) is 9.69 Å². The van der Waals surface area contributed by atoms with E-state index >= 15 is 0 Å². The second kappa shape index (κ2) is 5.47. The molecule has 1 aromatic heterocycles. The largest absolute Gasteiger partial charge is 0.480 e. The van der Waals surface area contributed by atoms with E-state index in [0.29, 0.717) is 23.1 Å². The van der Waals surface area contributed by atoms with Gasteiger partial charge in [0.15, 0.2) is 0 Å². The lowest BCUT2D eigenvalue weighted by Gasteiger charge is -2.34. The van der Waals surface area contributed by atoms with Crippen LogP contribution < -0.4 is 0 Å². The van der Waals surface area contributed by atoms with Crippen molar-refractivity contribution >= 4 is 29.1 Å². The van der Waals surface area contributed by atoms with Gasteiger partial charge in [-0.1, -0.05) is 40.4 Å². The van der Waals surface area contributed by atoms with Crippen LogP contribution in [0.1, 0.15) is 22.9 Å². The number of hydrogen-bond acceptors (Lipinski definition) is 5. The maximum Gasteiger partial charge on any atom is 0.325 e. The maximum atomic E-state index is 11.6. The number of nitrogens with zero attached hydrogens (tertiary/aromatic N) is 3. The molecular formula is C13H12ClN3O2S. The van der Waals surface area contributed by atoms with E-state index in [2.05, 4.69) is 9.59 Å². The number of aliphatic carboxylic acids is 1. The summed E-state index contributed by atoms with van der Waals surface area (Å²) >= 11 is 7.12. The molecule has 1 aliphatic rings. The molecule has 3 rings (SSSR count). The molecular weight excluding hydrogens is 298 g/mol. The quantitative estimate of drug-likeness (QED) is 0.943. The number of hydrogen-bond donors (Lipinski definition) is 1. The molecule has 1 unspecified atom stereocenters. The zero-order chi connectivity index (χ0) is 14.1. The molecule has 5 nitrogen and oxygen atoms in total. The number of halogens is 1. The van der Waals surface area contributed by atoms with Crippen LogP contribution in [0, 0.1) is 0 Å². The first-order valence-corrected chi connectivity index (χ1v) is 7.33. The summed E-state index contributed by atoms with van der Waals surface area (Å²) in [6, 6.07) is 7.02. The summed E-state index contributed by atoms with van der Waals surface area (Å²) in [6.45, 7) is 1.07. The Morgan fingerprint density at radius 2 is 2.30 bits per heavy atom. The van der Waals surface area contributed by atoms with Gasteiger partial charge in [0, 0.05) is 24.6 Å². The molecule has 0 bridgehead atoms. The standard InChI is InChI=1S/C13H12ClN3O2S/c14-12-10(15-16-20-12)7-17-6-5-8-3-1-2-4-9(8)11(17)13(18)19/h1-4,11H,5-7H2,(H,18,19). The number of fused-ring (bicyclic) bond motifs is 1. The van der Waals surface area contributed by atoms with Crippen molar-refractivity contribution in [1.82, 2.24) is 14.5 Å². The van der Waals surface area contributed by atoms with Crippen LogP contribution in [-0.2, 0) is 17.8 Å². The van der Waals surface area contributed by atoms with Crippen molar-refractivity contribution in [3.8, 4) is 0 Å². The van der Waals surface area contributed by atoms with Gasteiger partial charge in [-0.15, -0.1) is 5.10 Å². The molecule has 0 radical (unpaired) electrons. The minimum atomic E-state index is -0.850. The molecule has 0 amide bonds. The fraction of sp³-hybridized carbons (Fsp3) is 0.308. The van der Waals surface area contributed by atoms with Gasteiger partial charge >= 0.3 is 5.97 Å². The molecule has 20 heavy (non-hydrogen) atoms. The van der Waals surface area contributed by atoms with Gasteiger partial charge in [0.25, 0.3) is 0 Å². The van der Waals surface area contributed by atoms with Crippen LogP contribution >= 0.6 is 23.1 Å². The summed E-state index contributed by atoms with van der Waals surface area (Å²) in [5.74, 6) is -0.850. The molecule has 1 aromatic carbocycles. The zero-order valence-corrected chi connectivity index (χ0v) is 12.1. The van der Waals surface area contributed by atoms with Crippen LogP contribution in [0.5, 0.6) is 0 Å². The first-order chi connectivity index (χ1) is 9.66. The number of rotatable bonds is 3. The lowest BCUT2D eigenvalue weighted by molar-refractivity contribution is -0.144. The van der Waals surface area contributed by atoms with Crippen LogP contribution in [0.25, 0.3) is 0 Å². The number of aromatic nitrogens is 2. The average Bonchev–Trinajstić information content (AvgIpc) is 2.83. The molecule has 7 heteroatoms. The fourth-order valence-corrected chi connectivity index (χ4v) is 3.17. The first kappa shape index (κ1) is 13.5. The molecule has 0 saturated carbocycles. The number of carboxylic acids is 1. The van der Waals surface area contributed by atoms with E-state index < -0.39 is 12.0 Å². The number of carbonyl (C=O) groups is 1. The van der Waals surface area contributed by atoms with E-state index in [0.717, 1.165) is 29.1 Å². The lowest BCUT2D eigenvalue weighted by Crippen LogP contribution is -2.39. The van der Waals surface area contributed by atoms with Crippen LogP contribution in [-0.4, -0.2) is 32.1 Å². The Bertz CT molecular complexity index is 646. The molecule has 2 aromatic rings. The second-order valence-corrected chi connectivity index (χ2v) is 6.01. The van der Waals surface area contributed by atoms with E-state index in [1.165, 1.54) is 0 Å². The number of benzene rings is 1. The third-order valence-electron chi connectivity index (χ3n) is 3.48. The summed E-state index contributed by atoms with van der Waals surface area (Å²) in [4.78, 5) is 13.5. The van der Waals surface area contributed by atoms with Crippen LogP contribution in [0.15, 0.2) is 24.3 Å². The molecule has 1 atom stereocenters. The monoisotopic (exact) mass is 309 g/mol. The van der Waals surface area contributed by atoms with Gasteiger partial charge in [0.1, 0.15) is 16.1 Å². The molecule has 0 fully saturated rings. The van der Waals surface area contributed by atoms with Crippen molar-refractivity contribution in [1.29, 1.82) is 0 Å². The molecule has 104 valence electrons. The van der Waals surface area contributed by atoms with Gasteiger partial charge in [-0.25, -0.2) is 0 Å². The van der Waals surface area contributed by atoms with E-state index in [4.69, 9.17) is 11.6 Å². The third-order valence-corrected chi connectivity index (χ3v) is 4.46. The minimum absolute atomic E-state index is 0.403. The van der Waals surface area contributed by atoms with Gasteiger partial charge in [-0.05, 0) is 17.5 Å². The molecule has 0 aliphatic carbocycles. The predicted molar refractivity (Wildman–Crippen MR) is 75.9 cm³/mol. The molecule has 0 saturated heterocycles. The van der Waals surface area contributed by atoms with E-state index in [1.807, 2.05) is 29.2 Å². The van der Waals surface area contributed by atoms with Crippen molar-refractivity contribution in [2.75, 3.05) is 6.54 Å². The Morgan fingerprint density at radius 3 is 3.00 bits per heavy atom. The Hall–Kier alpha value is -1.50. The van der Waals surface area contributed by atoms with E-state index in [-0.39, 0.29) is 0 Å². The summed E-state index contributed by atoms with van der Waals surface area (Å²) in [5, 5.41) is 13.5. The highest BCUT2D eigenvalue weighted by Crippen LogP contribution is 2.32. The Balaban J connectivity index is 1.92. The number of carboxylic acid groups (broad SMARTS) is 1. The minimum Gasteiger partial charge on any atom is -0.480 e. The van der Waals surface area contributed by atoms with Crippen molar-refractivity contribution < 1.29 is 9.90 Å².